The molecule has 0 spiro atoms. The fraction of sp³-hybridized carbons (Fsp3) is 0.382. The van der Waals surface area contributed by atoms with Crippen molar-refractivity contribution in [1.29, 1.82) is 0 Å². The number of nitrogens with one attached hydrogen (secondary N) is 7. The lowest BCUT2D eigenvalue weighted by atomic mass is 9.81. The van der Waals surface area contributed by atoms with Crippen molar-refractivity contribution >= 4 is 64.3 Å². The molecule has 2 unspecified atom stereocenters. The molecule has 0 radical (unpaired) electrons. The Balaban J connectivity index is 0.989. The fourth-order valence-corrected chi connectivity index (χ4v) is 10.0. The number of aromatic nitrogens is 2. The van der Waals surface area contributed by atoms with E-state index in [2.05, 4.69) is 42.0 Å². The second kappa shape index (κ2) is 23.5. The van der Waals surface area contributed by atoms with Crippen LogP contribution in [0, 0.1) is 12.7 Å². The van der Waals surface area contributed by atoms with Gasteiger partial charge in [-0.15, -0.1) is 0 Å². The van der Waals surface area contributed by atoms with Crippen LogP contribution in [0.4, 0.5) is 19.7 Å². The van der Waals surface area contributed by atoms with Crippen LogP contribution in [0.1, 0.15) is 96.7 Å². The number of methoxy groups -OCH3 is 1. The van der Waals surface area contributed by atoms with Gasteiger partial charge in [0.25, 0.3) is 11.5 Å². The highest BCUT2D eigenvalue weighted by atomic mass is 19.1. The number of nitrogens with zero attached hydrogens (tertiary/aromatic N) is 2. The van der Waals surface area contributed by atoms with Crippen molar-refractivity contribution in [2.75, 3.05) is 38.7 Å². The number of carbonyl (C=O) groups is 8. The van der Waals surface area contributed by atoms with Gasteiger partial charge < -0.3 is 66.2 Å². The lowest BCUT2D eigenvalue weighted by Gasteiger charge is -2.31. The molecule has 2 aliphatic heterocycles. The Morgan fingerprint density at radius 3 is 2.30 bits per heavy atom. The third-order valence-electron chi connectivity index (χ3n) is 14.2. The molecule has 2 aromatic heterocycles. The molecule has 7 amide bonds. The predicted octanol–water partition coefficient (Wildman–Crippen LogP) is 2.51. The first kappa shape index (κ1) is 56.4. The summed E-state index contributed by atoms with van der Waals surface area (Å²) in [6.07, 6.45) is -2.82. The molecule has 0 saturated heterocycles. The maximum absolute atomic E-state index is 15.6. The molecule has 416 valence electrons. The molecule has 4 heterocycles. The molecule has 79 heavy (non-hydrogen) atoms. The van der Waals surface area contributed by atoms with Crippen molar-refractivity contribution < 1.29 is 67.2 Å². The topological polar surface area (TPSA) is 324 Å². The van der Waals surface area contributed by atoms with E-state index in [1.54, 1.807) is 58.0 Å². The van der Waals surface area contributed by atoms with Gasteiger partial charge in [-0.2, -0.15) is 0 Å². The van der Waals surface area contributed by atoms with Gasteiger partial charge in [-0.1, -0.05) is 49.4 Å². The molecule has 24 heteroatoms. The fourth-order valence-electron chi connectivity index (χ4n) is 10.0. The average Bonchev–Trinajstić information content (AvgIpc) is 3.84. The number of pyridine rings is 2. The molecular weight excluding hydrogens is 1030 g/mol. The van der Waals surface area contributed by atoms with E-state index in [4.69, 9.17) is 14.5 Å². The van der Waals surface area contributed by atoms with Crippen LogP contribution in [0.5, 0.6) is 0 Å². The standard InChI is InChI=1S/C55H60FN9O14/c1-6-55(76)35-21-40-46-33(26-65(40)50(72)34(35)27-78-51(55)73)45-37(17-16-32-28(2)36(56)22-38(62-46)44(32)45)63-53(75)79-47(49(71)64-54(3,4)18-19-66)30-12-14-31(15-13-30)60-42(68)25-58-48(70)39(20-29-10-8-7-9-11-29)61-43(69)24-57-41(67)23-59-52(74)77-5/h7-15,21-22,37,39,47,66,76H,6,16-20,23-27H2,1-5H3,(H,57,67)(H,58,70)(H,59,74)(H,60,68)(H,61,69)(H,63,75)(H,64,71)/t37-,39?,47?,55-/m0/s1. The molecule has 9 N–H and O–H groups in total. The van der Waals surface area contributed by atoms with Crippen LogP contribution < -0.4 is 42.8 Å². The zero-order valence-corrected chi connectivity index (χ0v) is 43.9. The molecule has 3 aromatic carbocycles. The van der Waals surface area contributed by atoms with Crippen LogP contribution in [-0.2, 0) is 74.6 Å². The molecular formula is C55H60FN9O14. The van der Waals surface area contributed by atoms with Crippen molar-refractivity contribution in [2.24, 2.45) is 0 Å². The number of halogens is 1. The van der Waals surface area contributed by atoms with E-state index in [1.165, 1.54) is 41.0 Å². The van der Waals surface area contributed by atoms with Gasteiger partial charge in [0.2, 0.25) is 29.7 Å². The average molecular weight is 1090 g/mol. The number of aliphatic hydroxyl groups is 2. The summed E-state index contributed by atoms with van der Waals surface area (Å²) in [6.45, 7) is 4.42. The molecule has 0 bridgehead atoms. The Morgan fingerprint density at radius 1 is 0.899 bits per heavy atom. The number of hydrogen-bond donors (Lipinski definition) is 9. The largest absolute Gasteiger partial charge is 0.458 e. The van der Waals surface area contributed by atoms with Crippen LogP contribution in [0.15, 0.2) is 71.5 Å². The SMILES string of the molecule is CC[C@@]1(O)C(=O)OCc2c1cc1n(c2=O)Cc2c-1nc1cc(F)c(C)c3c1c2[C@@H](NC(=O)OC(C(=O)NC(C)(C)CCO)c1ccc(NC(=O)CNC(=O)C(Cc2ccccc2)NC(=O)CNC(=O)CNC(=O)OC)cc1)CC3. The summed E-state index contributed by atoms with van der Waals surface area (Å²) >= 11 is 0. The summed E-state index contributed by atoms with van der Waals surface area (Å²) in [4.78, 5) is 123. The minimum atomic E-state index is -2.10. The Labute approximate surface area is 451 Å². The summed E-state index contributed by atoms with van der Waals surface area (Å²) in [5.74, 6) is -4.95. The molecule has 23 nitrogen and oxygen atoms in total. The summed E-state index contributed by atoms with van der Waals surface area (Å²) < 4.78 is 32.7. The third kappa shape index (κ3) is 12.2. The number of aliphatic hydroxyl groups excluding tert-OH is 1. The molecule has 0 fully saturated rings. The maximum atomic E-state index is 15.6. The number of hydrogen-bond acceptors (Lipinski definition) is 15. The van der Waals surface area contributed by atoms with Crippen molar-refractivity contribution in [3.63, 3.8) is 0 Å². The van der Waals surface area contributed by atoms with Crippen LogP contribution in [0.25, 0.3) is 22.3 Å². The first-order valence-corrected chi connectivity index (χ1v) is 25.5. The molecule has 0 saturated carbocycles. The summed E-state index contributed by atoms with van der Waals surface area (Å²) in [6, 6.07) is 15.3. The van der Waals surface area contributed by atoms with Crippen LogP contribution >= 0.6 is 0 Å². The van der Waals surface area contributed by atoms with E-state index in [0.29, 0.717) is 45.3 Å². The van der Waals surface area contributed by atoms with E-state index in [9.17, 15) is 53.4 Å². The highest BCUT2D eigenvalue weighted by Crippen LogP contribution is 2.46. The molecule has 3 aliphatic rings. The quantitative estimate of drug-likeness (QED) is 0.0416. The molecule has 5 aromatic rings. The molecule has 4 atom stereocenters. The Bertz CT molecular complexity index is 3330. The Kier molecular flexibility index (Phi) is 16.8. The second-order valence-corrected chi connectivity index (χ2v) is 20.0. The van der Waals surface area contributed by atoms with Gasteiger partial charge in [0, 0.05) is 52.4 Å². The van der Waals surface area contributed by atoms with E-state index in [0.717, 1.165) is 7.11 Å². The number of rotatable bonds is 19. The lowest BCUT2D eigenvalue weighted by Crippen LogP contribution is -2.52. The van der Waals surface area contributed by atoms with Crippen molar-refractivity contribution in [3.8, 4) is 11.4 Å². The lowest BCUT2D eigenvalue weighted by molar-refractivity contribution is -0.172. The van der Waals surface area contributed by atoms with Gasteiger partial charge in [0.15, 0.2) is 5.60 Å². The maximum Gasteiger partial charge on any atom is 0.408 e. The highest BCUT2D eigenvalue weighted by Gasteiger charge is 2.46. The number of esters is 1. The monoisotopic (exact) mass is 1090 g/mol. The number of aryl methyl sites for hydroxylation is 1. The predicted molar refractivity (Wildman–Crippen MR) is 280 cm³/mol. The van der Waals surface area contributed by atoms with Crippen molar-refractivity contribution in [2.45, 2.75) is 102 Å². The van der Waals surface area contributed by atoms with Gasteiger partial charge in [0.05, 0.1) is 55.3 Å². The first-order chi connectivity index (χ1) is 37.6. The minimum Gasteiger partial charge on any atom is -0.458 e. The van der Waals surface area contributed by atoms with Gasteiger partial charge in [-0.3, -0.25) is 28.8 Å². The van der Waals surface area contributed by atoms with Crippen molar-refractivity contribution in [1.82, 2.24) is 41.5 Å². The van der Waals surface area contributed by atoms with Gasteiger partial charge >= 0.3 is 18.2 Å². The smallest absolute Gasteiger partial charge is 0.408 e. The molecule has 1 aliphatic carbocycles. The zero-order valence-electron chi connectivity index (χ0n) is 43.9. The number of carbonyl (C=O) groups excluding carboxylic acids is 8. The number of anilines is 1. The highest BCUT2D eigenvalue weighted by molar-refractivity contribution is 5.97. The van der Waals surface area contributed by atoms with E-state index in [-0.39, 0.29) is 79.0 Å². The van der Waals surface area contributed by atoms with Gasteiger partial charge in [-0.05, 0) is 86.9 Å². The van der Waals surface area contributed by atoms with E-state index >= 15 is 4.39 Å². The zero-order chi connectivity index (χ0) is 56.9. The van der Waals surface area contributed by atoms with Crippen LogP contribution in [0.3, 0.4) is 0 Å². The Hall–Kier alpha value is -8.77. The number of alkyl carbamates (subject to hydrolysis) is 2. The normalized spacial score (nSPS) is 16.6. The number of cyclic esters (lactones) is 1. The number of ether oxygens (including phenoxy) is 3. The minimum absolute atomic E-state index is 0.0209. The second-order valence-electron chi connectivity index (χ2n) is 20.0. The summed E-state index contributed by atoms with van der Waals surface area (Å²) in [7, 11) is 1.12. The summed E-state index contributed by atoms with van der Waals surface area (Å²) in [5.41, 5.74) is 0.665. The van der Waals surface area contributed by atoms with Gasteiger partial charge in [0.1, 0.15) is 25.0 Å². The third-order valence-corrected chi connectivity index (χ3v) is 14.2. The van der Waals surface area contributed by atoms with Crippen molar-refractivity contribution in [3.05, 3.63) is 127 Å². The van der Waals surface area contributed by atoms with E-state index in [1.807, 2.05) is 0 Å². The number of benzene rings is 3. The van der Waals surface area contributed by atoms with E-state index < -0.39 is 108 Å². The Morgan fingerprint density at radius 2 is 1.61 bits per heavy atom. The van der Waals surface area contributed by atoms with Gasteiger partial charge in [-0.25, -0.2) is 23.8 Å². The van der Waals surface area contributed by atoms with Crippen LogP contribution in [0.2, 0.25) is 0 Å². The summed E-state index contributed by atoms with van der Waals surface area (Å²) in [5, 5.41) is 39.7. The van der Waals surface area contributed by atoms with Crippen LogP contribution in [-0.4, -0.2) is 112 Å². The number of amides is 7. The molecule has 8 rings (SSSR count). The number of fused-ring (bicyclic) bond motifs is 5. The first-order valence-electron chi connectivity index (χ1n) is 25.5.